The second kappa shape index (κ2) is 8.79. The number of ether oxygens (including phenoxy) is 3. The highest BCUT2D eigenvalue weighted by molar-refractivity contribution is 6.13. The molecule has 1 aliphatic heterocycles. The number of ketones is 1. The summed E-state index contributed by atoms with van der Waals surface area (Å²) in [6.07, 6.45) is 1.68. The molecule has 0 amide bonds. The van der Waals surface area contributed by atoms with Gasteiger partial charge in [-0.05, 0) is 44.4 Å². The van der Waals surface area contributed by atoms with Crippen molar-refractivity contribution in [2.45, 2.75) is 45.4 Å². The summed E-state index contributed by atoms with van der Waals surface area (Å²) in [6, 6.07) is 7.74. The molecule has 0 N–H and O–H groups in total. The summed E-state index contributed by atoms with van der Waals surface area (Å²) in [5, 5.41) is 8.39. The van der Waals surface area contributed by atoms with Gasteiger partial charge in [0.05, 0.1) is 38.7 Å². The molecule has 3 unspecified atom stereocenters. The van der Waals surface area contributed by atoms with Crippen molar-refractivity contribution in [3.05, 3.63) is 53.9 Å². The van der Waals surface area contributed by atoms with Gasteiger partial charge in [-0.1, -0.05) is 23.9 Å². The molecule has 2 aromatic rings. The molecular formula is C22H27N3O5. The van der Waals surface area contributed by atoms with Crippen molar-refractivity contribution in [3.8, 4) is 5.75 Å². The average Bonchev–Trinajstić information content (AvgIpc) is 3.20. The fourth-order valence-corrected chi connectivity index (χ4v) is 3.69. The summed E-state index contributed by atoms with van der Waals surface area (Å²) in [5.41, 5.74) is 0.647. The highest BCUT2D eigenvalue weighted by atomic mass is 16.5. The van der Waals surface area contributed by atoms with Gasteiger partial charge in [0.1, 0.15) is 5.75 Å². The minimum Gasteiger partial charge on any atom is -0.497 e. The van der Waals surface area contributed by atoms with E-state index in [4.69, 9.17) is 14.2 Å². The van der Waals surface area contributed by atoms with E-state index in [1.807, 2.05) is 30.5 Å². The Morgan fingerprint density at radius 2 is 2.13 bits per heavy atom. The fraction of sp³-hybridized carbons (Fsp3) is 0.455. The van der Waals surface area contributed by atoms with Crippen molar-refractivity contribution >= 4 is 11.8 Å². The Morgan fingerprint density at radius 3 is 2.83 bits per heavy atom. The lowest BCUT2D eigenvalue weighted by Crippen LogP contribution is -2.55. The quantitative estimate of drug-likeness (QED) is 0.391. The minimum absolute atomic E-state index is 0.281. The van der Waals surface area contributed by atoms with Crippen LogP contribution in [0.3, 0.4) is 0 Å². The molecular weight excluding hydrogens is 386 g/mol. The first kappa shape index (κ1) is 21.7. The first-order valence-corrected chi connectivity index (χ1v) is 9.79. The highest BCUT2D eigenvalue weighted by Crippen LogP contribution is 2.39. The number of rotatable bonds is 7. The van der Waals surface area contributed by atoms with E-state index in [9.17, 15) is 9.59 Å². The SMILES string of the molecule is C=C1C(=O)C(C)(C(=O)OC)C(CCc2cn(Cc3cccc(OC)c3)nn2)OC1C. The van der Waals surface area contributed by atoms with E-state index >= 15 is 0 Å². The number of benzene rings is 1. The van der Waals surface area contributed by atoms with Crippen LogP contribution < -0.4 is 4.74 Å². The van der Waals surface area contributed by atoms with Crippen LogP contribution >= 0.6 is 0 Å². The maximum atomic E-state index is 12.8. The molecule has 0 radical (unpaired) electrons. The molecule has 0 bridgehead atoms. The van der Waals surface area contributed by atoms with Gasteiger partial charge in [0.25, 0.3) is 0 Å². The summed E-state index contributed by atoms with van der Waals surface area (Å²) < 4.78 is 17.8. The lowest BCUT2D eigenvalue weighted by Gasteiger charge is -2.41. The number of carbonyl (C=O) groups excluding carboxylic acids is 2. The van der Waals surface area contributed by atoms with E-state index in [0.717, 1.165) is 17.0 Å². The van der Waals surface area contributed by atoms with Crippen LogP contribution in [0.2, 0.25) is 0 Å². The predicted molar refractivity (Wildman–Crippen MR) is 109 cm³/mol. The molecule has 0 saturated carbocycles. The maximum absolute atomic E-state index is 12.8. The van der Waals surface area contributed by atoms with Gasteiger partial charge in [-0.2, -0.15) is 0 Å². The van der Waals surface area contributed by atoms with Crippen LogP contribution in [0.1, 0.15) is 31.5 Å². The van der Waals surface area contributed by atoms with E-state index in [2.05, 4.69) is 16.9 Å². The van der Waals surface area contributed by atoms with Crippen molar-refractivity contribution < 1.29 is 23.8 Å². The molecule has 1 saturated heterocycles. The smallest absolute Gasteiger partial charge is 0.322 e. The predicted octanol–water partition coefficient (Wildman–Crippen LogP) is 2.36. The normalized spacial score (nSPS) is 24.0. The molecule has 8 nitrogen and oxygen atoms in total. The first-order chi connectivity index (χ1) is 14.3. The monoisotopic (exact) mass is 413 g/mol. The number of aryl methyl sites for hydroxylation is 1. The molecule has 0 spiro atoms. The molecule has 2 heterocycles. The van der Waals surface area contributed by atoms with Gasteiger partial charge in [-0.25, -0.2) is 4.68 Å². The van der Waals surface area contributed by atoms with Gasteiger partial charge in [0.2, 0.25) is 0 Å². The zero-order chi connectivity index (χ0) is 21.9. The zero-order valence-electron chi connectivity index (χ0n) is 17.8. The Kier molecular flexibility index (Phi) is 6.36. The summed E-state index contributed by atoms with van der Waals surface area (Å²) in [5.74, 6) is -0.170. The van der Waals surface area contributed by atoms with Crippen LogP contribution in [0.15, 0.2) is 42.6 Å². The van der Waals surface area contributed by atoms with E-state index in [1.54, 1.807) is 25.6 Å². The molecule has 3 atom stereocenters. The second-order valence-corrected chi connectivity index (χ2v) is 7.61. The van der Waals surface area contributed by atoms with E-state index in [0.29, 0.717) is 19.4 Å². The van der Waals surface area contributed by atoms with Crippen LogP contribution in [-0.2, 0) is 32.0 Å². The van der Waals surface area contributed by atoms with E-state index < -0.39 is 23.6 Å². The molecule has 8 heteroatoms. The average molecular weight is 413 g/mol. The molecule has 0 aliphatic carbocycles. The van der Waals surface area contributed by atoms with Crippen LogP contribution in [0.4, 0.5) is 0 Å². The minimum atomic E-state index is -1.42. The third kappa shape index (κ3) is 4.14. The van der Waals surface area contributed by atoms with Crippen molar-refractivity contribution in [1.82, 2.24) is 15.0 Å². The third-order valence-electron chi connectivity index (χ3n) is 5.60. The number of hydrogen-bond donors (Lipinski definition) is 0. The van der Waals surface area contributed by atoms with Crippen molar-refractivity contribution in [2.75, 3.05) is 14.2 Å². The zero-order valence-corrected chi connectivity index (χ0v) is 17.8. The van der Waals surface area contributed by atoms with Gasteiger partial charge in [-0.3, -0.25) is 9.59 Å². The first-order valence-electron chi connectivity index (χ1n) is 9.79. The van der Waals surface area contributed by atoms with E-state index in [-0.39, 0.29) is 11.4 Å². The second-order valence-electron chi connectivity index (χ2n) is 7.61. The standard InChI is InChI=1S/C22H27N3O5/c1-14-15(2)30-19(22(3,20(14)26)21(27)29-5)10-9-17-13-25(24-23-17)12-16-7-6-8-18(11-16)28-4/h6-8,11,13,15,19H,1,9-10,12H2,2-5H3. The number of aromatic nitrogens is 3. The third-order valence-corrected chi connectivity index (χ3v) is 5.60. The Morgan fingerprint density at radius 1 is 1.37 bits per heavy atom. The number of esters is 1. The lowest BCUT2D eigenvalue weighted by atomic mass is 9.72. The maximum Gasteiger partial charge on any atom is 0.322 e. The van der Waals surface area contributed by atoms with E-state index in [1.165, 1.54) is 7.11 Å². The van der Waals surface area contributed by atoms with Crippen molar-refractivity contribution in [2.24, 2.45) is 5.41 Å². The van der Waals surface area contributed by atoms with Crippen LogP contribution in [0, 0.1) is 5.41 Å². The van der Waals surface area contributed by atoms with Crippen LogP contribution in [0.5, 0.6) is 5.75 Å². The largest absolute Gasteiger partial charge is 0.497 e. The molecule has 30 heavy (non-hydrogen) atoms. The number of Topliss-reactive ketones (excluding diaryl/α,β-unsaturated/α-hetero) is 1. The van der Waals surface area contributed by atoms with Crippen LogP contribution in [-0.4, -0.2) is 53.2 Å². The van der Waals surface area contributed by atoms with Crippen molar-refractivity contribution in [3.63, 3.8) is 0 Å². The number of carbonyl (C=O) groups is 2. The molecule has 1 aromatic heterocycles. The Labute approximate surface area is 175 Å². The lowest BCUT2D eigenvalue weighted by molar-refractivity contribution is -0.175. The van der Waals surface area contributed by atoms with Gasteiger partial charge < -0.3 is 14.2 Å². The Balaban J connectivity index is 1.70. The molecule has 3 rings (SSSR count). The summed E-state index contributed by atoms with van der Waals surface area (Å²) in [7, 11) is 2.89. The summed E-state index contributed by atoms with van der Waals surface area (Å²) in [4.78, 5) is 25.2. The Bertz CT molecular complexity index is 954. The molecule has 160 valence electrons. The summed E-state index contributed by atoms with van der Waals surface area (Å²) in [6.45, 7) is 7.65. The summed E-state index contributed by atoms with van der Waals surface area (Å²) >= 11 is 0. The van der Waals surface area contributed by atoms with Gasteiger partial charge in [0.15, 0.2) is 11.2 Å². The molecule has 1 fully saturated rings. The Hall–Kier alpha value is -3.00. The molecule has 1 aliphatic rings. The van der Waals surface area contributed by atoms with Gasteiger partial charge in [0, 0.05) is 11.8 Å². The topological polar surface area (TPSA) is 92.5 Å². The van der Waals surface area contributed by atoms with Crippen LogP contribution in [0.25, 0.3) is 0 Å². The van der Waals surface area contributed by atoms with Gasteiger partial charge in [-0.15, -0.1) is 5.10 Å². The molecule has 1 aromatic carbocycles. The number of hydrogen-bond acceptors (Lipinski definition) is 7. The number of methoxy groups -OCH3 is 2. The highest BCUT2D eigenvalue weighted by Gasteiger charge is 2.54. The van der Waals surface area contributed by atoms with Gasteiger partial charge >= 0.3 is 5.97 Å². The fourth-order valence-electron chi connectivity index (χ4n) is 3.69. The van der Waals surface area contributed by atoms with Crippen molar-refractivity contribution in [1.29, 1.82) is 0 Å². The number of nitrogens with zero attached hydrogens (tertiary/aromatic N) is 3.